The van der Waals surface area contributed by atoms with Crippen LogP contribution in [-0.4, -0.2) is 28.7 Å². The van der Waals surface area contributed by atoms with Crippen molar-refractivity contribution in [1.29, 1.82) is 0 Å². The Balaban J connectivity index is 0.000000209. The van der Waals surface area contributed by atoms with Crippen molar-refractivity contribution in [2.75, 3.05) is 0 Å². The summed E-state index contributed by atoms with van der Waals surface area (Å²) in [7, 11) is 5.85. The molecule has 0 saturated heterocycles. The standard InChI is InChI=1S/C9H7NO.2C2H5.ClH.Sn/c11-8-5-1-3-7-4-2-6-10-9(7)8;2*1-2;;/h1-6,11H;2*1H2,2H3;1H;/q;;;;+1/p-1. The number of phenols is 1. The quantitative estimate of drug-likeness (QED) is 0.818. The van der Waals surface area contributed by atoms with Gasteiger partial charge < -0.3 is 5.11 Å². The molecule has 2 aromatic rings. The third-order valence-electron chi connectivity index (χ3n) is 2.38. The summed E-state index contributed by atoms with van der Waals surface area (Å²) in [5, 5.41) is 10.3. The zero-order chi connectivity index (χ0) is 12.7. The molecule has 1 aromatic heterocycles. The van der Waals surface area contributed by atoms with Crippen LogP contribution in [0.4, 0.5) is 0 Å². The smallest absolute Gasteiger partial charge is 0.141 e. The number of pyridine rings is 1. The summed E-state index contributed by atoms with van der Waals surface area (Å²) in [4.78, 5) is 4.03. The average molecular weight is 357 g/mol. The van der Waals surface area contributed by atoms with E-state index in [4.69, 9.17) is 8.92 Å². The molecule has 1 aromatic carbocycles. The van der Waals surface area contributed by atoms with Gasteiger partial charge in [0, 0.05) is 11.6 Å². The number of nitrogens with zero attached hydrogens (tertiary/aromatic N) is 1. The number of para-hydroxylation sites is 1. The van der Waals surface area contributed by atoms with E-state index in [1.807, 2.05) is 18.2 Å². The minimum atomic E-state index is -1.14. The van der Waals surface area contributed by atoms with Crippen molar-refractivity contribution in [3.05, 3.63) is 36.5 Å². The Kier molecular flexibility index (Phi) is 6.66. The maximum atomic E-state index is 9.31. The van der Waals surface area contributed by atoms with Gasteiger partial charge in [0.25, 0.3) is 0 Å². The van der Waals surface area contributed by atoms with Crippen molar-refractivity contribution in [2.45, 2.75) is 22.7 Å². The normalized spacial score (nSPS) is 10.1. The van der Waals surface area contributed by atoms with Crippen molar-refractivity contribution in [2.24, 2.45) is 0 Å². The molecule has 0 aliphatic rings. The predicted molar refractivity (Wildman–Crippen MR) is 76.0 cm³/mol. The molecule has 0 amide bonds. The van der Waals surface area contributed by atoms with Crippen molar-refractivity contribution >= 4 is 38.5 Å². The van der Waals surface area contributed by atoms with Crippen LogP contribution in [0.2, 0.25) is 8.87 Å². The van der Waals surface area contributed by atoms with Gasteiger partial charge in [0.15, 0.2) is 0 Å². The number of phenolic OH excluding ortho intramolecular Hbond substituents is 1. The van der Waals surface area contributed by atoms with Crippen LogP contribution in [0, 0.1) is 0 Å². The van der Waals surface area contributed by atoms with E-state index in [-0.39, 0.29) is 5.75 Å². The van der Waals surface area contributed by atoms with Gasteiger partial charge >= 0.3 is 50.3 Å². The topological polar surface area (TPSA) is 33.1 Å². The molecule has 0 aliphatic carbocycles. The van der Waals surface area contributed by atoms with Crippen LogP contribution < -0.4 is 0 Å². The molecule has 0 atom stereocenters. The molecular weight excluding hydrogens is 340 g/mol. The third kappa shape index (κ3) is 4.72. The molecule has 0 spiro atoms. The van der Waals surface area contributed by atoms with Crippen molar-refractivity contribution in [3.8, 4) is 5.75 Å². The van der Waals surface area contributed by atoms with Crippen LogP contribution in [0.25, 0.3) is 10.9 Å². The molecule has 0 fully saturated rings. The van der Waals surface area contributed by atoms with Crippen LogP contribution in [-0.2, 0) is 0 Å². The molecule has 0 saturated carbocycles. The Morgan fingerprint density at radius 3 is 2.35 bits per heavy atom. The van der Waals surface area contributed by atoms with Crippen LogP contribution in [0.3, 0.4) is 0 Å². The van der Waals surface area contributed by atoms with Gasteiger partial charge in [-0.15, -0.1) is 0 Å². The van der Waals surface area contributed by atoms with E-state index < -0.39 is 18.6 Å². The van der Waals surface area contributed by atoms with Gasteiger partial charge in [0.2, 0.25) is 0 Å². The summed E-state index contributed by atoms with van der Waals surface area (Å²) in [5.74, 6) is 0.239. The first-order valence-corrected chi connectivity index (χ1v) is 13.4. The Bertz CT molecular complexity index is 455. The first-order chi connectivity index (χ1) is 8.19. The van der Waals surface area contributed by atoms with Gasteiger partial charge in [0.05, 0.1) is 0 Å². The summed E-state index contributed by atoms with van der Waals surface area (Å²) in [6.45, 7) is 4.37. The van der Waals surface area contributed by atoms with E-state index in [1.54, 1.807) is 18.3 Å². The van der Waals surface area contributed by atoms with E-state index >= 15 is 0 Å². The van der Waals surface area contributed by atoms with E-state index in [0.717, 1.165) is 5.39 Å². The molecular formula is C13H17ClNOSn. The number of hydrogen-bond acceptors (Lipinski definition) is 2. The van der Waals surface area contributed by atoms with Gasteiger partial charge in [-0.1, -0.05) is 18.2 Å². The molecule has 91 valence electrons. The van der Waals surface area contributed by atoms with Crippen molar-refractivity contribution < 1.29 is 5.11 Å². The maximum Gasteiger partial charge on any atom is 0.141 e. The second-order valence-corrected chi connectivity index (χ2v) is 14.2. The molecule has 4 heteroatoms. The van der Waals surface area contributed by atoms with Gasteiger partial charge in [-0.3, -0.25) is 4.98 Å². The van der Waals surface area contributed by atoms with E-state index in [1.165, 1.54) is 8.87 Å². The molecule has 17 heavy (non-hydrogen) atoms. The molecule has 1 N–H and O–H groups in total. The number of hydrogen-bond donors (Lipinski definition) is 1. The summed E-state index contributed by atoms with van der Waals surface area (Å²) < 4.78 is 2.58. The molecule has 1 heterocycles. The zero-order valence-corrected chi connectivity index (χ0v) is 13.8. The average Bonchev–Trinajstić information content (AvgIpc) is 2.39. The second kappa shape index (κ2) is 7.77. The number of halogens is 1. The van der Waals surface area contributed by atoms with Gasteiger partial charge in [-0.05, 0) is 12.1 Å². The van der Waals surface area contributed by atoms with Crippen molar-refractivity contribution in [3.63, 3.8) is 0 Å². The number of rotatable bonds is 2. The molecule has 1 radical (unpaired) electrons. The predicted octanol–water partition coefficient (Wildman–Crippen LogP) is 4.20. The Labute approximate surface area is 113 Å². The molecule has 0 bridgehead atoms. The fraction of sp³-hybridized carbons (Fsp3) is 0.308. The molecule has 2 rings (SSSR count). The minimum Gasteiger partial charge on any atom is -0.506 e. The summed E-state index contributed by atoms with van der Waals surface area (Å²) in [6, 6.07) is 9.13. The number of fused-ring (bicyclic) bond motifs is 1. The number of benzene rings is 1. The van der Waals surface area contributed by atoms with Crippen LogP contribution in [0.15, 0.2) is 36.5 Å². The largest absolute Gasteiger partial charge is 0.506 e. The fourth-order valence-corrected chi connectivity index (χ4v) is 2.77. The van der Waals surface area contributed by atoms with Crippen LogP contribution in [0.1, 0.15) is 13.8 Å². The summed E-state index contributed by atoms with van der Waals surface area (Å²) in [5.41, 5.74) is 0.662. The second-order valence-electron chi connectivity index (χ2n) is 3.58. The molecule has 0 unspecified atom stereocenters. The Morgan fingerprint density at radius 2 is 1.82 bits per heavy atom. The summed E-state index contributed by atoms with van der Waals surface area (Å²) in [6.07, 6.45) is 1.67. The Hall–Kier alpha value is -0.481. The number of aromatic hydroxyl groups is 1. The number of aromatic nitrogens is 1. The van der Waals surface area contributed by atoms with E-state index in [9.17, 15) is 5.11 Å². The van der Waals surface area contributed by atoms with Gasteiger partial charge in [-0.2, -0.15) is 0 Å². The molecule has 0 aliphatic heterocycles. The van der Waals surface area contributed by atoms with Gasteiger partial charge in [-0.25, -0.2) is 0 Å². The van der Waals surface area contributed by atoms with E-state index in [0.29, 0.717) is 5.52 Å². The molecule has 2 nitrogen and oxygen atoms in total. The monoisotopic (exact) mass is 358 g/mol. The van der Waals surface area contributed by atoms with Crippen LogP contribution >= 0.6 is 8.92 Å². The maximum absolute atomic E-state index is 9.31. The fourth-order valence-electron chi connectivity index (χ4n) is 1.34. The Morgan fingerprint density at radius 1 is 1.18 bits per heavy atom. The first-order valence-electron chi connectivity index (χ1n) is 5.72. The minimum absolute atomic E-state index is 0.239. The van der Waals surface area contributed by atoms with Gasteiger partial charge in [0.1, 0.15) is 11.3 Å². The summed E-state index contributed by atoms with van der Waals surface area (Å²) >= 11 is -1.14. The SMILES string of the molecule is C[CH2][Sn]([Cl])[CH2]C.Oc1cccc2cccnc12. The van der Waals surface area contributed by atoms with E-state index in [2.05, 4.69) is 18.8 Å². The first kappa shape index (κ1) is 14.6. The van der Waals surface area contributed by atoms with Crippen LogP contribution in [0.5, 0.6) is 5.75 Å². The zero-order valence-electron chi connectivity index (χ0n) is 10.2. The van der Waals surface area contributed by atoms with Crippen molar-refractivity contribution in [1.82, 2.24) is 4.98 Å². The third-order valence-corrected chi connectivity index (χ3v) is 10.3.